The van der Waals surface area contributed by atoms with Crippen LogP contribution in [0.3, 0.4) is 0 Å². The van der Waals surface area contributed by atoms with Gasteiger partial charge in [0.1, 0.15) is 5.82 Å². The Morgan fingerprint density at radius 1 is 1.10 bits per heavy atom. The van der Waals surface area contributed by atoms with Gasteiger partial charge in [0.2, 0.25) is 0 Å². The van der Waals surface area contributed by atoms with Crippen LogP contribution in [0.5, 0.6) is 11.5 Å². The molecule has 5 heteroatoms. The second-order valence-corrected chi connectivity index (χ2v) is 4.50. The van der Waals surface area contributed by atoms with Gasteiger partial charge in [0.15, 0.2) is 11.5 Å². The summed E-state index contributed by atoms with van der Waals surface area (Å²) in [7, 11) is 3.14. The van der Waals surface area contributed by atoms with Gasteiger partial charge in [-0.25, -0.2) is 4.39 Å². The Hall–Kier alpha value is -2.27. The lowest BCUT2D eigenvalue weighted by Gasteiger charge is -2.22. The third-order valence-electron chi connectivity index (χ3n) is 3.25. The molecule has 2 aromatic carbocycles. The summed E-state index contributed by atoms with van der Waals surface area (Å²) in [5.41, 5.74) is 7.06. The summed E-state index contributed by atoms with van der Waals surface area (Å²) in [5.74, 6) is 0.890. The molecule has 112 valence electrons. The number of benzene rings is 2. The van der Waals surface area contributed by atoms with Crippen LogP contribution in [0.25, 0.3) is 0 Å². The van der Waals surface area contributed by atoms with Crippen molar-refractivity contribution >= 4 is 5.69 Å². The van der Waals surface area contributed by atoms with Crippen molar-refractivity contribution in [2.75, 3.05) is 26.1 Å². The van der Waals surface area contributed by atoms with Crippen LogP contribution in [0.1, 0.15) is 11.6 Å². The lowest BCUT2D eigenvalue weighted by atomic mass is 10.0. The highest BCUT2D eigenvalue weighted by atomic mass is 19.1. The summed E-state index contributed by atoms with van der Waals surface area (Å²) in [5, 5.41) is 3.10. The molecule has 0 saturated carbocycles. The maximum atomic E-state index is 13.8. The molecule has 0 aliphatic heterocycles. The Kier molecular flexibility index (Phi) is 5.00. The van der Waals surface area contributed by atoms with E-state index in [4.69, 9.17) is 15.2 Å². The molecule has 21 heavy (non-hydrogen) atoms. The van der Waals surface area contributed by atoms with Gasteiger partial charge in [-0.2, -0.15) is 0 Å². The number of nitrogens with two attached hydrogens (primary N) is 1. The molecule has 2 aromatic rings. The van der Waals surface area contributed by atoms with Crippen molar-refractivity contribution in [1.82, 2.24) is 0 Å². The zero-order valence-corrected chi connectivity index (χ0v) is 12.1. The number of anilines is 1. The van der Waals surface area contributed by atoms with Gasteiger partial charge in [-0.1, -0.05) is 24.3 Å². The summed E-state index contributed by atoms with van der Waals surface area (Å²) in [6, 6.07) is 11.7. The van der Waals surface area contributed by atoms with Crippen molar-refractivity contribution in [2.45, 2.75) is 6.04 Å². The van der Waals surface area contributed by atoms with Crippen LogP contribution in [0.15, 0.2) is 42.5 Å². The standard InChI is InChI=1S/C16H19FN2O2/c1-20-15-9-5-6-11(16(15)21-2)14(10-18)19-13-8-4-3-7-12(13)17/h3-9,14,19H,10,18H2,1-2H3. The normalized spacial score (nSPS) is 11.8. The van der Waals surface area contributed by atoms with Crippen molar-refractivity contribution in [3.63, 3.8) is 0 Å². The van der Waals surface area contributed by atoms with Gasteiger partial charge in [0.05, 0.1) is 25.9 Å². The molecule has 0 heterocycles. The highest BCUT2D eigenvalue weighted by Crippen LogP contribution is 2.35. The van der Waals surface area contributed by atoms with Gasteiger partial charge in [0, 0.05) is 12.1 Å². The fourth-order valence-corrected chi connectivity index (χ4v) is 2.22. The Morgan fingerprint density at radius 2 is 1.86 bits per heavy atom. The summed E-state index contributed by atoms with van der Waals surface area (Å²) in [6.07, 6.45) is 0. The Labute approximate surface area is 123 Å². The molecule has 0 spiro atoms. The van der Waals surface area contributed by atoms with Crippen molar-refractivity contribution in [3.8, 4) is 11.5 Å². The molecule has 1 atom stereocenters. The molecule has 0 fully saturated rings. The highest BCUT2D eigenvalue weighted by molar-refractivity contribution is 5.53. The first kappa shape index (κ1) is 15.1. The van der Waals surface area contributed by atoms with E-state index in [1.165, 1.54) is 6.07 Å². The van der Waals surface area contributed by atoms with Crippen LogP contribution in [-0.4, -0.2) is 20.8 Å². The first-order valence-electron chi connectivity index (χ1n) is 6.63. The van der Waals surface area contributed by atoms with Gasteiger partial charge >= 0.3 is 0 Å². The van der Waals surface area contributed by atoms with Crippen LogP contribution in [0.4, 0.5) is 10.1 Å². The molecule has 0 aromatic heterocycles. The maximum Gasteiger partial charge on any atom is 0.166 e. The predicted octanol–water partition coefficient (Wildman–Crippen LogP) is 2.95. The minimum absolute atomic E-state index is 0.285. The van der Waals surface area contributed by atoms with E-state index in [9.17, 15) is 4.39 Å². The highest BCUT2D eigenvalue weighted by Gasteiger charge is 2.18. The number of ether oxygens (including phenoxy) is 2. The fourth-order valence-electron chi connectivity index (χ4n) is 2.22. The molecule has 0 aliphatic carbocycles. The molecule has 0 amide bonds. The molecule has 0 saturated heterocycles. The zero-order valence-electron chi connectivity index (χ0n) is 12.1. The first-order valence-corrected chi connectivity index (χ1v) is 6.63. The van der Waals surface area contributed by atoms with E-state index in [1.807, 2.05) is 12.1 Å². The molecule has 0 radical (unpaired) electrons. The van der Waals surface area contributed by atoms with E-state index in [0.717, 1.165) is 5.56 Å². The number of hydrogen-bond donors (Lipinski definition) is 2. The number of rotatable bonds is 6. The fraction of sp³-hybridized carbons (Fsp3) is 0.250. The number of para-hydroxylation sites is 2. The van der Waals surface area contributed by atoms with Crippen molar-refractivity contribution < 1.29 is 13.9 Å². The van der Waals surface area contributed by atoms with E-state index in [0.29, 0.717) is 17.2 Å². The number of halogens is 1. The van der Waals surface area contributed by atoms with Crippen LogP contribution in [0, 0.1) is 5.82 Å². The second kappa shape index (κ2) is 6.95. The topological polar surface area (TPSA) is 56.5 Å². The molecule has 3 N–H and O–H groups in total. The molecule has 4 nitrogen and oxygen atoms in total. The molecule has 0 aliphatic rings. The Morgan fingerprint density at radius 3 is 2.48 bits per heavy atom. The molecular formula is C16H19FN2O2. The minimum Gasteiger partial charge on any atom is -0.493 e. The van der Waals surface area contributed by atoms with Crippen LogP contribution in [-0.2, 0) is 0 Å². The van der Waals surface area contributed by atoms with E-state index in [-0.39, 0.29) is 18.4 Å². The quantitative estimate of drug-likeness (QED) is 0.859. The monoisotopic (exact) mass is 290 g/mol. The van der Waals surface area contributed by atoms with Crippen molar-refractivity contribution in [1.29, 1.82) is 0 Å². The van der Waals surface area contributed by atoms with Crippen molar-refractivity contribution in [2.24, 2.45) is 5.73 Å². The van der Waals surface area contributed by atoms with E-state index in [1.54, 1.807) is 38.5 Å². The second-order valence-electron chi connectivity index (χ2n) is 4.50. The number of hydrogen-bond acceptors (Lipinski definition) is 4. The van der Waals surface area contributed by atoms with Gasteiger partial charge in [-0.15, -0.1) is 0 Å². The lowest BCUT2D eigenvalue weighted by Crippen LogP contribution is -2.22. The molecule has 0 bridgehead atoms. The van der Waals surface area contributed by atoms with Crippen LogP contribution in [0.2, 0.25) is 0 Å². The first-order chi connectivity index (χ1) is 10.2. The lowest BCUT2D eigenvalue weighted by molar-refractivity contribution is 0.350. The molecular weight excluding hydrogens is 271 g/mol. The van der Waals surface area contributed by atoms with Gasteiger partial charge in [-0.3, -0.25) is 0 Å². The average Bonchev–Trinajstić information content (AvgIpc) is 2.53. The van der Waals surface area contributed by atoms with Crippen LogP contribution < -0.4 is 20.5 Å². The van der Waals surface area contributed by atoms with E-state index < -0.39 is 0 Å². The summed E-state index contributed by atoms with van der Waals surface area (Å²) >= 11 is 0. The van der Waals surface area contributed by atoms with Gasteiger partial charge in [0.25, 0.3) is 0 Å². The zero-order chi connectivity index (χ0) is 15.2. The minimum atomic E-state index is -0.321. The van der Waals surface area contributed by atoms with Gasteiger partial charge < -0.3 is 20.5 Å². The Bertz CT molecular complexity index is 605. The third-order valence-corrected chi connectivity index (χ3v) is 3.25. The predicted molar refractivity (Wildman–Crippen MR) is 81.4 cm³/mol. The Balaban J connectivity index is 2.36. The molecule has 2 rings (SSSR count). The van der Waals surface area contributed by atoms with Crippen molar-refractivity contribution in [3.05, 3.63) is 53.8 Å². The van der Waals surface area contributed by atoms with E-state index >= 15 is 0 Å². The maximum absolute atomic E-state index is 13.8. The van der Waals surface area contributed by atoms with E-state index in [2.05, 4.69) is 5.32 Å². The van der Waals surface area contributed by atoms with Crippen LogP contribution >= 0.6 is 0 Å². The molecule has 1 unspecified atom stereocenters. The largest absolute Gasteiger partial charge is 0.493 e. The number of methoxy groups -OCH3 is 2. The summed E-state index contributed by atoms with van der Waals surface area (Å²) in [6.45, 7) is 0.290. The number of nitrogens with one attached hydrogen (secondary N) is 1. The summed E-state index contributed by atoms with van der Waals surface area (Å²) < 4.78 is 24.5. The SMILES string of the molecule is COc1cccc(C(CN)Nc2ccccc2F)c1OC. The summed E-state index contributed by atoms with van der Waals surface area (Å²) in [4.78, 5) is 0. The third kappa shape index (κ3) is 3.25. The average molecular weight is 290 g/mol. The smallest absolute Gasteiger partial charge is 0.166 e. The van der Waals surface area contributed by atoms with Gasteiger partial charge in [-0.05, 0) is 18.2 Å².